The van der Waals surface area contributed by atoms with Crippen LogP contribution in [-0.4, -0.2) is 20.3 Å². The van der Waals surface area contributed by atoms with Gasteiger partial charge in [0.1, 0.15) is 0 Å². The van der Waals surface area contributed by atoms with Crippen LogP contribution in [0.1, 0.15) is 5.56 Å². The molecule has 0 radical (unpaired) electrons. The molecule has 1 aromatic rings. The van der Waals surface area contributed by atoms with Crippen molar-refractivity contribution in [2.45, 2.75) is 11.4 Å². The van der Waals surface area contributed by atoms with Crippen LogP contribution in [0.15, 0.2) is 29.2 Å². The van der Waals surface area contributed by atoms with Gasteiger partial charge >= 0.3 is 0 Å². The first kappa shape index (κ1) is 10.6. The van der Waals surface area contributed by atoms with E-state index in [1.165, 1.54) is 5.56 Å². The van der Waals surface area contributed by atoms with E-state index in [-0.39, 0.29) is 0 Å². The van der Waals surface area contributed by atoms with E-state index in [4.69, 9.17) is 4.74 Å². The summed E-state index contributed by atoms with van der Waals surface area (Å²) in [5.41, 5.74) is 1.25. The second-order valence-electron chi connectivity index (χ2n) is 2.84. The predicted molar refractivity (Wildman–Crippen MR) is 57.3 cm³/mol. The summed E-state index contributed by atoms with van der Waals surface area (Å²) < 4.78 is 4.93. The Labute approximate surface area is 84.7 Å². The Morgan fingerprint density at radius 2 is 2.31 bits per heavy atom. The molecule has 0 heterocycles. The zero-order valence-electron chi connectivity index (χ0n) is 7.79. The molecule has 1 rings (SSSR count). The molecule has 72 valence electrons. The van der Waals surface area contributed by atoms with Gasteiger partial charge in [-0.1, -0.05) is 12.1 Å². The van der Waals surface area contributed by atoms with Gasteiger partial charge in [0.15, 0.2) is 0 Å². The van der Waals surface area contributed by atoms with Crippen LogP contribution in [0.4, 0.5) is 0 Å². The Morgan fingerprint density at radius 3 is 3.00 bits per heavy atom. The number of rotatable bonds is 5. The molecule has 0 aliphatic rings. The Bertz CT molecular complexity index is 252. The molecule has 0 amide bonds. The molecule has 0 bridgehead atoms. The molecule has 1 N–H and O–H groups in total. The molecule has 3 heteroatoms. The van der Waals surface area contributed by atoms with Crippen LogP contribution in [0, 0.1) is 0 Å². The molecule has 0 fully saturated rings. The van der Waals surface area contributed by atoms with E-state index < -0.39 is 0 Å². The molecule has 0 spiro atoms. The molecule has 0 aromatic heterocycles. The summed E-state index contributed by atoms with van der Waals surface area (Å²) in [7, 11) is 1.70. The number of thiol groups is 1. The van der Waals surface area contributed by atoms with Crippen molar-refractivity contribution in [3.8, 4) is 0 Å². The van der Waals surface area contributed by atoms with E-state index in [9.17, 15) is 0 Å². The molecule has 0 aliphatic carbocycles. The third-order valence-electron chi connectivity index (χ3n) is 1.72. The van der Waals surface area contributed by atoms with Gasteiger partial charge in [-0.3, -0.25) is 0 Å². The van der Waals surface area contributed by atoms with E-state index >= 15 is 0 Å². The standard InChI is InChI=1S/C10H15NOS/c1-12-6-5-11-8-9-3-2-4-10(13)7-9/h2-4,7,11,13H,5-6,8H2,1H3. The van der Waals surface area contributed by atoms with E-state index in [0.29, 0.717) is 0 Å². The van der Waals surface area contributed by atoms with Gasteiger partial charge < -0.3 is 10.1 Å². The number of benzene rings is 1. The van der Waals surface area contributed by atoms with Crippen molar-refractivity contribution < 1.29 is 4.74 Å². The molecule has 2 nitrogen and oxygen atoms in total. The maximum Gasteiger partial charge on any atom is 0.0587 e. The maximum absolute atomic E-state index is 4.93. The number of hydrogen-bond acceptors (Lipinski definition) is 3. The van der Waals surface area contributed by atoms with Gasteiger partial charge in [-0.25, -0.2) is 0 Å². The van der Waals surface area contributed by atoms with Crippen molar-refractivity contribution in [1.82, 2.24) is 5.32 Å². The predicted octanol–water partition coefficient (Wildman–Crippen LogP) is 1.71. The molecule has 0 saturated heterocycles. The van der Waals surface area contributed by atoms with Crippen LogP contribution in [0.5, 0.6) is 0 Å². The van der Waals surface area contributed by atoms with Crippen LogP contribution in [0.25, 0.3) is 0 Å². The van der Waals surface area contributed by atoms with Crippen LogP contribution in [0.2, 0.25) is 0 Å². The van der Waals surface area contributed by atoms with Crippen LogP contribution in [0.3, 0.4) is 0 Å². The minimum Gasteiger partial charge on any atom is -0.383 e. The van der Waals surface area contributed by atoms with E-state index in [1.54, 1.807) is 7.11 Å². The topological polar surface area (TPSA) is 21.3 Å². The maximum atomic E-state index is 4.93. The van der Waals surface area contributed by atoms with Crippen molar-refractivity contribution in [3.63, 3.8) is 0 Å². The Kier molecular flexibility index (Phi) is 4.90. The highest BCUT2D eigenvalue weighted by molar-refractivity contribution is 7.80. The second-order valence-corrected chi connectivity index (χ2v) is 3.36. The smallest absolute Gasteiger partial charge is 0.0587 e. The third kappa shape index (κ3) is 4.31. The number of hydrogen-bond donors (Lipinski definition) is 2. The van der Waals surface area contributed by atoms with Gasteiger partial charge in [-0.2, -0.15) is 0 Å². The summed E-state index contributed by atoms with van der Waals surface area (Å²) in [5.74, 6) is 0. The van der Waals surface area contributed by atoms with Gasteiger partial charge in [0.25, 0.3) is 0 Å². The lowest BCUT2D eigenvalue weighted by molar-refractivity contribution is 0.199. The molecule has 0 unspecified atom stereocenters. The molecule has 0 aliphatic heterocycles. The van der Waals surface area contributed by atoms with Crippen molar-refractivity contribution in [2.75, 3.05) is 20.3 Å². The third-order valence-corrected chi connectivity index (χ3v) is 2.00. The average molecular weight is 197 g/mol. The zero-order valence-corrected chi connectivity index (χ0v) is 8.68. The summed E-state index contributed by atoms with van der Waals surface area (Å²) in [6.07, 6.45) is 0. The lowest BCUT2D eigenvalue weighted by Crippen LogP contribution is -2.18. The summed E-state index contributed by atoms with van der Waals surface area (Å²) >= 11 is 4.27. The van der Waals surface area contributed by atoms with Crippen molar-refractivity contribution in [3.05, 3.63) is 29.8 Å². The van der Waals surface area contributed by atoms with Crippen LogP contribution >= 0.6 is 12.6 Å². The lowest BCUT2D eigenvalue weighted by Gasteiger charge is -2.04. The molecule has 13 heavy (non-hydrogen) atoms. The van der Waals surface area contributed by atoms with Gasteiger partial charge in [0.2, 0.25) is 0 Å². The second kappa shape index (κ2) is 6.02. The first-order chi connectivity index (χ1) is 6.33. The number of methoxy groups -OCH3 is 1. The largest absolute Gasteiger partial charge is 0.383 e. The number of nitrogens with one attached hydrogen (secondary N) is 1. The quantitative estimate of drug-likeness (QED) is 0.554. The highest BCUT2D eigenvalue weighted by atomic mass is 32.1. The summed E-state index contributed by atoms with van der Waals surface area (Å²) in [6, 6.07) is 8.12. The van der Waals surface area contributed by atoms with Crippen LogP contribution < -0.4 is 5.32 Å². The Hall–Kier alpha value is -0.510. The fourth-order valence-electron chi connectivity index (χ4n) is 1.07. The van der Waals surface area contributed by atoms with Gasteiger partial charge in [-0.15, -0.1) is 12.6 Å². The van der Waals surface area contributed by atoms with Crippen molar-refractivity contribution in [1.29, 1.82) is 0 Å². The Balaban J connectivity index is 2.28. The highest BCUT2D eigenvalue weighted by Gasteiger charge is 1.92. The molecule has 1 aromatic carbocycles. The first-order valence-corrected chi connectivity index (χ1v) is 4.75. The zero-order chi connectivity index (χ0) is 9.52. The monoisotopic (exact) mass is 197 g/mol. The minimum atomic E-state index is 0.751. The molecular formula is C10H15NOS. The lowest BCUT2D eigenvalue weighted by atomic mass is 10.2. The summed E-state index contributed by atoms with van der Waals surface area (Å²) in [5, 5.41) is 3.27. The van der Waals surface area contributed by atoms with Crippen LogP contribution in [-0.2, 0) is 11.3 Å². The fraction of sp³-hybridized carbons (Fsp3) is 0.400. The number of ether oxygens (including phenoxy) is 1. The Morgan fingerprint density at radius 1 is 1.46 bits per heavy atom. The minimum absolute atomic E-state index is 0.751. The molecule has 0 atom stereocenters. The SMILES string of the molecule is COCCNCc1cccc(S)c1. The molecule has 0 saturated carbocycles. The van der Waals surface area contributed by atoms with Gasteiger partial charge in [0.05, 0.1) is 6.61 Å². The fourth-order valence-corrected chi connectivity index (χ4v) is 1.33. The summed E-state index contributed by atoms with van der Waals surface area (Å²) in [4.78, 5) is 1.01. The van der Waals surface area contributed by atoms with E-state index in [0.717, 1.165) is 24.6 Å². The average Bonchev–Trinajstić information content (AvgIpc) is 2.13. The van der Waals surface area contributed by atoms with Crippen molar-refractivity contribution >= 4 is 12.6 Å². The van der Waals surface area contributed by atoms with E-state index in [2.05, 4.69) is 30.1 Å². The van der Waals surface area contributed by atoms with Gasteiger partial charge in [0, 0.05) is 25.1 Å². The molecular weight excluding hydrogens is 182 g/mol. The van der Waals surface area contributed by atoms with E-state index in [1.807, 2.05) is 12.1 Å². The first-order valence-electron chi connectivity index (χ1n) is 4.30. The van der Waals surface area contributed by atoms with Crippen molar-refractivity contribution in [2.24, 2.45) is 0 Å². The summed E-state index contributed by atoms with van der Waals surface area (Å²) in [6.45, 7) is 2.51. The van der Waals surface area contributed by atoms with Gasteiger partial charge in [-0.05, 0) is 17.7 Å². The highest BCUT2D eigenvalue weighted by Crippen LogP contribution is 2.07. The normalized spacial score (nSPS) is 10.3.